The third kappa shape index (κ3) is 2.66. The highest BCUT2D eigenvalue weighted by atomic mass is 16.4. The minimum absolute atomic E-state index is 0.0123. The molecule has 2 aliphatic rings. The maximum atomic E-state index is 11.9. The van der Waals surface area contributed by atoms with E-state index in [1.54, 1.807) is 0 Å². The zero-order valence-electron chi connectivity index (χ0n) is 11.1. The summed E-state index contributed by atoms with van der Waals surface area (Å²) in [6.45, 7) is 0.378. The standard InChI is InChI=1S/C13H18N4O3/c18-12(11-15-10(16-17-11)7-4-5-7)14-6-8-2-1-3-9(8)13(19)20/h7-9H,1-6H2,(H,14,18)(H,19,20)(H,15,16,17). The van der Waals surface area contributed by atoms with Gasteiger partial charge in [-0.15, -0.1) is 5.10 Å². The molecule has 1 amide bonds. The van der Waals surface area contributed by atoms with Crippen LogP contribution >= 0.6 is 0 Å². The fraction of sp³-hybridized carbons (Fsp3) is 0.692. The van der Waals surface area contributed by atoms with Crippen LogP contribution < -0.4 is 5.32 Å². The summed E-state index contributed by atoms with van der Waals surface area (Å²) in [7, 11) is 0. The Labute approximate surface area is 116 Å². The Hall–Kier alpha value is -1.92. The summed E-state index contributed by atoms with van der Waals surface area (Å²) in [5, 5.41) is 18.5. The number of H-pyrrole nitrogens is 1. The zero-order chi connectivity index (χ0) is 14.1. The number of carboxylic acids is 1. The molecule has 1 heterocycles. The Morgan fingerprint density at radius 3 is 2.80 bits per heavy atom. The summed E-state index contributed by atoms with van der Waals surface area (Å²) in [5.41, 5.74) is 0. The predicted molar refractivity (Wildman–Crippen MR) is 69.2 cm³/mol. The van der Waals surface area contributed by atoms with E-state index < -0.39 is 5.97 Å². The van der Waals surface area contributed by atoms with E-state index in [-0.39, 0.29) is 23.6 Å². The molecule has 0 aromatic carbocycles. The fourth-order valence-electron chi connectivity index (χ4n) is 2.82. The minimum atomic E-state index is -0.768. The molecule has 0 spiro atoms. The van der Waals surface area contributed by atoms with Crippen LogP contribution in [-0.4, -0.2) is 38.7 Å². The zero-order valence-corrected chi connectivity index (χ0v) is 11.1. The third-order valence-corrected chi connectivity index (χ3v) is 4.17. The van der Waals surface area contributed by atoms with Gasteiger partial charge >= 0.3 is 5.97 Å². The molecule has 108 valence electrons. The molecule has 0 radical (unpaired) electrons. The van der Waals surface area contributed by atoms with Crippen molar-refractivity contribution < 1.29 is 14.7 Å². The number of carbonyl (C=O) groups excluding carboxylic acids is 1. The molecule has 0 bridgehead atoms. The van der Waals surface area contributed by atoms with Crippen LogP contribution in [0.25, 0.3) is 0 Å². The first-order valence-electron chi connectivity index (χ1n) is 7.08. The summed E-state index contributed by atoms with van der Waals surface area (Å²) in [6, 6.07) is 0. The van der Waals surface area contributed by atoms with Crippen molar-refractivity contribution in [3.63, 3.8) is 0 Å². The van der Waals surface area contributed by atoms with E-state index in [0.29, 0.717) is 18.9 Å². The number of amides is 1. The Kier molecular flexibility index (Phi) is 3.42. The lowest BCUT2D eigenvalue weighted by atomic mass is 9.96. The highest BCUT2D eigenvalue weighted by Gasteiger charge is 2.33. The van der Waals surface area contributed by atoms with Crippen molar-refractivity contribution in [1.82, 2.24) is 20.5 Å². The van der Waals surface area contributed by atoms with Gasteiger partial charge in [0.2, 0.25) is 5.82 Å². The van der Waals surface area contributed by atoms with E-state index in [1.807, 2.05) is 0 Å². The first-order valence-corrected chi connectivity index (χ1v) is 7.08. The second-order valence-electron chi connectivity index (χ2n) is 5.66. The van der Waals surface area contributed by atoms with Crippen molar-refractivity contribution in [2.24, 2.45) is 11.8 Å². The van der Waals surface area contributed by atoms with Gasteiger partial charge in [0.25, 0.3) is 5.91 Å². The van der Waals surface area contributed by atoms with Gasteiger partial charge in [0, 0.05) is 12.5 Å². The molecular formula is C13H18N4O3. The normalized spacial score (nSPS) is 25.6. The molecule has 2 atom stereocenters. The molecule has 2 unspecified atom stereocenters. The number of aliphatic carboxylic acids is 1. The van der Waals surface area contributed by atoms with E-state index in [2.05, 4.69) is 20.5 Å². The van der Waals surface area contributed by atoms with Gasteiger partial charge in [-0.05, 0) is 31.6 Å². The monoisotopic (exact) mass is 278 g/mol. The lowest BCUT2D eigenvalue weighted by Gasteiger charge is -2.15. The van der Waals surface area contributed by atoms with Gasteiger partial charge in [0.05, 0.1) is 5.92 Å². The van der Waals surface area contributed by atoms with Crippen LogP contribution in [-0.2, 0) is 4.79 Å². The maximum absolute atomic E-state index is 11.9. The summed E-state index contributed by atoms with van der Waals surface area (Å²) >= 11 is 0. The lowest BCUT2D eigenvalue weighted by molar-refractivity contribution is -0.142. The Bertz CT molecular complexity index is 523. The number of hydrogen-bond acceptors (Lipinski definition) is 4. The van der Waals surface area contributed by atoms with Gasteiger partial charge < -0.3 is 10.4 Å². The smallest absolute Gasteiger partial charge is 0.306 e. The summed E-state index contributed by atoms with van der Waals surface area (Å²) < 4.78 is 0. The van der Waals surface area contributed by atoms with Crippen molar-refractivity contribution in [2.75, 3.05) is 6.54 Å². The maximum Gasteiger partial charge on any atom is 0.306 e. The van der Waals surface area contributed by atoms with E-state index in [4.69, 9.17) is 5.11 Å². The van der Waals surface area contributed by atoms with Crippen LogP contribution in [0.5, 0.6) is 0 Å². The first-order chi connectivity index (χ1) is 9.65. The van der Waals surface area contributed by atoms with E-state index in [0.717, 1.165) is 31.5 Å². The molecule has 7 heteroatoms. The van der Waals surface area contributed by atoms with Crippen LogP contribution in [0, 0.1) is 11.8 Å². The molecule has 7 nitrogen and oxygen atoms in total. The molecule has 1 aromatic rings. The number of carbonyl (C=O) groups is 2. The average molecular weight is 278 g/mol. The van der Waals surface area contributed by atoms with Crippen molar-refractivity contribution in [3.05, 3.63) is 11.6 Å². The van der Waals surface area contributed by atoms with Gasteiger partial charge in [-0.3, -0.25) is 14.7 Å². The number of hydrogen-bond donors (Lipinski definition) is 3. The van der Waals surface area contributed by atoms with Crippen molar-refractivity contribution >= 4 is 11.9 Å². The molecule has 20 heavy (non-hydrogen) atoms. The average Bonchev–Trinajstić information content (AvgIpc) is 2.98. The van der Waals surface area contributed by atoms with Gasteiger partial charge in [-0.1, -0.05) is 6.42 Å². The Balaban J connectivity index is 1.54. The number of nitrogens with zero attached hydrogens (tertiary/aromatic N) is 2. The van der Waals surface area contributed by atoms with Crippen LogP contribution in [0.15, 0.2) is 0 Å². The molecule has 2 fully saturated rings. The van der Waals surface area contributed by atoms with Gasteiger partial charge in [-0.2, -0.15) is 0 Å². The molecule has 0 aliphatic heterocycles. The second-order valence-corrected chi connectivity index (χ2v) is 5.66. The highest BCUT2D eigenvalue weighted by molar-refractivity contribution is 5.90. The van der Waals surface area contributed by atoms with E-state index >= 15 is 0 Å². The molecule has 1 aromatic heterocycles. The number of carboxylic acid groups (broad SMARTS) is 1. The fourth-order valence-corrected chi connectivity index (χ4v) is 2.82. The third-order valence-electron chi connectivity index (χ3n) is 4.17. The number of rotatable bonds is 5. The van der Waals surface area contributed by atoms with E-state index in [9.17, 15) is 9.59 Å². The summed E-state index contributed by atoms with van der Waals surface area (Å²) in [4.78, 5) is 27.2. The van der Waals surface area contributed by atoms with Crippen molar-refractivity contribution in [3.8, 4) is 0 Å². The van der Waals surface area contributed by atoms with Gasteiger partial charge in [0.1, 0.15) is 5.82 Å². The lowest BCUT2D eigenvalue weighted by Crippen LogP contribution is -2.33. The Morgan fingerprint density at radius 2 is 2.10 bits per heavy atom. The Morgan fingerprint density at radius 1 is 1.30 bits per heavy atom. The largest absolute Gasteiger partial charge is 0.481 e. The number of nitrogens with one attached hydrogen (secondary N) is 2. The van der Waals surface area contributed by atoms with Crippen LogP contribution in [0.2, 0.25) is 0 Å². The van der Waals surface area contributed by atoms with Gasteiger partial charge in [-0.25, -0.2) is 4.98 Å². The van der Waals surface area contributed by atoms with Crippen molar-refractivity contribution in [2.45, 2.75) is 38.0 Å². The predicted octanol–water partition coefficient (Wildman–Crippen LogP) is 0.913. The first kappa shape index (κ1) is 13.1. The van der Waals surface area contributed by atoms with Crippen molar-refractivity contribution in [1.29, 1.82) is 0 Å². The number of aromatic amines is 1. The summed E-state index contributed by atoms with van der Waals surface area (Å²) in [6.07, 6.45) is 4.64. The highest BCUT2D eigenvalue weighted by Crippen LogP contribution is 2.37. The SMILES string of the molecule is O=C(NCC1CCCC1C(=O)O)c1n[nH]c(C2CC2)n1. The molecule has 2 aliphatic carbocycles. The molecule has 3 rings (SSSR count). The summed E-state index contributed by atoms with van der Waals surface area (Å²) in [5.74, 6) is -0.0749. The minimum Gasteiger partial charge on any atom is -0.481 e. The molecule has 2 saturated carbocycles. The van der Waals surface area contributed by atoms with Gasteiger partial charge in [0.15, 0.2) is 0 Å². The second kappa shape index (κ2) is 5.22. The van der Waals surface area contributed by atoms with E-state index in [1.165, 1.54) is 0 Å². The quantitative estimate of drug-likeness (QED) is 0.742. The van der Waals surface area contributed by atoms with Crippen LogP contribution in [0.3, 0.4) is 0 Å². The number of aromatic nitrogens is 3. The molecular weight excluding hydrogens is 260 g/mol. The molecule has 3 N–H and O–H groups in total. The molecule has 0 saturated heterocycles. The van der Waals surface area contributed by atoms with Crippen LogP contribution in [0.1, 0.15) is 54.5 Å². The van der Waals surface area contributed by atoms with Crippen LogP contribution in [0.4, 0.5) is 0 Å². The topological polar surface area (TPSA) is 108 Å².